The summed E-state index contributed by atoms with van der Waals surface area (Å²) in [5.74, 6) is 0.822. The average molecular weight is 291 g/mol. The fraction of sp³-hybridized carbons (Fsp3) is 0.467. The molecule has 0 aliphatic carbocycles. The molecule has 0 spiro atoms. The summed E-state index contributed by atoms with van der Waals surface area (Å²) in [7, 11) is 0. The molecule has 0 aromatic carbocycles. The molecule has 0 amide bonds. The number of pyridine rings is 1. The van der Waals surface area contributed by atoms with Crippen LogP contribution in [0.3, 0.4) is 0 Å². The van der Waals surface area contributed by atoms with Crippen molar-refractivity contribution in [3.63, 3.8) is 0 Å². The van der Waals surface area contributed by atoms with E-state index in [2.05, 4.69) is 36.1 Å². The third-order valence-electron chi connectivity index (χ3n) is 2.69. The molecule has 0 unspecified atom stereocenters. The molecule has 5 heteroatoms. The van der Waals surface area contributed by atoms with Gasteiger partial charge in [-0.25, -0.2) is 4.98 Å². The SMILES string of the molecule is Cc1ccc(OCc2nccs2)c(CNC(C)(C)C)n1. The van der Waals surface area contributed by atoms with Crippen LogP contribution < -0.4 is 10.1 Å². The van der Waals surface area contributed by atoms with E-state index in [1.165, 1.54) is 0 Å². The molecule has 0 atom stereocenters. The Kier molecular flexibility index (Phi) is 4.73. The van der Waals surface area contributed by atoms with Crippen LogP contribution >= 0.6 is 11.3 Å². The smallest absolute Gasteiger partial charge is 0.142 e. The van der Waals surface area contributed by atoms with Crippen molar-refractivity contribution in [3.05, 3.63) is 40.1 Å². The van der Waals surface area contributed by atoms with Crippen molar-refractivity contribution in [3.8, 4) is 5.75 Å². The first-order valence-corrected chi connectivity index (χ1v) is 7.55. The molecule has 0 aliphatic rings. The van der Waals surface area contributed by atoms with Gasteiger partial charge in [0.05, 0.1) is 5.69 Å². The van der Waals surface area contributed by atoms with Crippen molar-refractivity contribution in [1.29, 1.82) is 0 Å². The van der Waals surface area contributed by atoms with E-state index in [0.29, 0.717) is 13.2 Å². The largest absolute Gasteiger partial charge is 0.484 e. The maximum absolute atomic E-state index is 5.85. The van der Waals surface area contributed by atoms with Crippen molar-refractivity contribution in [2.24, 2.45) is 0 Å². The number of rotatable bonds is 5. The van der Waals surface area contributed by atoms with E-state index >= 15 is 0 Å². The fourth-order valence-electron chi connectivity index (χ4n) is 1.67. The molecule has 4 nitrogen and oxygen atoms in total. The minimum absolute atomic E-state index is 0.0536. The van der Waals surface area contributed by atoms with E-state index in [1.807, 2.05) is 24.4 Å². The molecule has 0 aliphatic heterocycles. The second-order valence-electron chi connectivity index (χ2n) is 5.72. The molecular formula is C15H21N3OS. The molecule has 0 fully saturated rings. The standard InChI is InChI=1S/C15H21N3OS/c1-11-5-6-13(19-10-14-16-7-8-20-14)12(18-11)9-17-15(2,3)4/h5-8,17H,9-10H2,1-4H3. The van der Waals surface area contributed by atoms with Gasteiger partial charge in [-0.3, -0.25) is 4.98 Å². The van der Waals surface area contributed by atoms with Gasteiger partial charge in [-0.05, 0) is 39.8 Å². The molecule has 0 saturated carbocycles. The van der Waals surface area contributed by atoms with Gasteiger partial charge >= 0.3 is 0 Å². The number of nitrogens with zero attached hydrogens (tertiary/aromatic N) is 2. The number of aryl methyl sites for hydroxylation is 1. The van der Waals surface area contributed by atoms with Crippen LogP contribution in [0, 0.1) is 6.92 Å². The van der Waals surface area contributed by atoms with Gasteiger partial charge in [0.15, 0.2) is 0 Å². The van der Waals surface area contributed by atoms with Gasteiger partial charge in [0, 0.05) is 29.4 Å². The van der Waals surface area contributed by atoms with Crippen molar-refractivity contribution < 1.29 is 4.74 Å². The summed E-state index contributed by atoms with van der Waals surface area (Å²) in [6.45, 7) is 9.59. The van der Waals surface area contributed by atoms with E-state index in [0.717, 1.165) is 22.1 Å². The highest BCUT2D eigenvalue weighted by Crippen LogP contribution is 2.19. The van der Waals surface area contributed by atoms with Crippen LogP contribution in [-0.4, -0.2) is 15.5 Å². The van der Waals surface area contributed by atoms with Crippen molar-refractivity contribution in [2.45, 2.75) is 46.4 Å². The molecule has 2 rings (SSSR count). The van der Waals surface area contributed by atoms with Gasteiger partial charge in [0.1, 0.15) is 17.4 Å². The zero-order chi connectivity index (χ0) is 14.6. The van der Waals surface area contributed by atoms with Crippen molar-refractivity contribution >= 4 is 11.3 Å². The minimum Gasteiger partial charge on any atom is -0.484 e. The number of ether oxygens (including phenoxy) is 1. The second kappa shape index (κ2) is 6.33. The number of hydrogen-bond donors (Lipinski definition) is 1. The predicted octanol–water partition coefficient (Wildman–Crippen LogP) is 3.31. The molecule has 2 heterocycles. The van der Waals surface area contributed by atoms with Gasteiger partial charge in [-0.15, -0.1) is 11.3 Å². The van der Waals surface area contributed by atoms with Gasteiger partial charge in [-0.1, -0.05) is 0 Å². The highest BCUT2D eigenvalue weighted by Gasteiger charge is 2.12. The Balaban J connectivity index is 2.07. The van der Waals surface area contributed by atoms with Gasteiger partial charge in [0.25, 0.3) is 0 Å². The first kappa shape index (κ1) is 14.9. The summed E-state index contributed by atoms with van der Waals surface area (Å²) in [5.41, 5.74) is 1.99. The number of aromatic nitrogens is 2. The third kappa shape index (κ3) is 4.58. The number of thiazole rings is 1. The van der Waals surface area contributed by atoms with Crippen LogP contribution in [0.4, 0.5) is 0 Å². The molecule has 2 aromatic rings. The maximum Gasteiger partial charge on any atom is 0.142 e. The summed E-state index contributed by atoms with van der Waals surface area (Å²) in [6.07, 6.45) is 1.79. The topological polar surface area (TPSA) is 47.0 Å². The lowest BCUT2D eigenvalue weighted by atomic mass is 10.1. The molecule has 0 saturated heterocycles. The lowest BCUT2D eigenvalue weighted by molar-refractivity contribution is 0.297. The van der Waals surface area contributed by atoms with E-state index < -0.39 is 0 Å². The molecule has 0 radical (unpaired) electrons. The highest BCUT2D eigenvalue weighted by molar-refractivity contribution is 7.09. The summed E-state index contributed by atoms with van der Waals surface area (Å²) < 4.78 is 5.85. The molecule has 2 aromatic heterocycles. The highest BCUT2D eigenvalue weighted by atomic mass is 32.1. The monoisotopic (exact) mass is 291 g/mol. The lowest BCUT2D eigenvalue weighted by Gasteiger charge is -2.21. The van der Waals surface area contributed by atoms with E-state index in [-0.39, 0.29) is 5.54 Å². The third-order valence-corrected chi connectivity index (χ3v) is 3.45. The van der Waals surface area contributed by atoms with Crippen molar-refractivity contribution in [1.82, 2.24) is 15.3 Å². The fourth-order valence-corrected chi connectivity index (χ4v) is 2.20. The Morgan fingerprint density at radius 3 is 2.75 bits per heavy atom. The molecule has 0 bridgehead atoms. The molecular weight excluding hydrogens is 270 g/mol. The first-order chi connectivity index (χ1) is 9.44. The quantitative estimate of drug-likeness (QED) is 0.918. The Labute approximate surface area is 124 Å². The summed E-state index contributed by atoms with van der Waals surface area (Å²) >= 11 is 1.60. The van der Waals surface area contributed by atoms with Crippen LogP contribution in [0.15, 0.2) is 23.7 Å². The van der Waals surface area contributed by atoms with Gasteiger partial charge in [0.2, 0.25) is 0 Å². The molecule has 1 N–H and O–H groups in total. The van der Waals surface area contributed by atoms with Gasteiger partial charge < -0.3 is 10.1 Å². The van der Waals surface area contributed by atoms with Crippen molar-refractivity contribution in [2.75, 3.05) is 0 Å². The Hall–Kier alpha value is -1.46. The molecule has 108 valence electrons. The van der Waals surface area contributed by atoms with Crippen LogP contribution in [-0.2, 0) is 13.2 Å². The zero-order valence-electron chi connectivity index (χ0n) is 12.4. The number of hydrogen-bond acceptors (Lipinski definition) is 5. The second-order valence-corrected chi connectivity index (χ2v) is 6.69. The van der Waals surface area contributed by atoms with E-state index in [4.69, 9.17) is 4.74 Å². The number of nitrogens with one attached hydrogen (secondary N) is 1. The zero-order valence-corrected chi connectivity index (χ0v) is 13.3. The normalized spacial score (nSPS) is 11.6. The van der Waals surface area contributed by atoms with Crippen LogP contribution in [0.25, 0.3) is 0 Å². The van der Waals surface area contributed by atoms with E-state index in [9.17, 15) is 0 Å². The van der Waals surface area contributed by atoms with Crippen LogP contribution in [0.2, 0.25) is 0 Å². The Morgan fingerprint density at radius 1 is 1.30 bits per heavy atom. The summed E-state index contributed by atoms with van der Waals surface area (Å²) in [4.78, 5) is 8.79. The first-order valence-electron chi connectivity index (χ1n) is 6.67. The summed E-state index contributed by atoms with van der Waals surface area (Å²) in [5, 5.41) is 6.37. The Bertz CT molecular complexity index is 547. The predicted molar refractivity (Wildman–Crippen MR) is 82.0 cm³/mol. The van der Waals surface area contributed by atoms with Crippen LogP contribution in [0.1, 0.15) is 37.2 Å². The minimum atomic E-state index is 0.0536. The lowest BCUT2D eigenvalue weighted by Crippen LogP contribution is -2.35. The summed E-state index contributed by atoms with van der Waals surface area (Å²) in [6, 6.07) is 3.95. The van der Waals surface area contributed by atoms with Crippen LogP contribution in [0.5, 0.6) is 5.75 Å². The Morgan fingerprint density at radius 2 is 2.10 bits per heavy atom. The molecule has 20 heavy (non-hydrogen) atoms. The van der Waals surface area contributed by atoms with E-state index in [1.54, 1.807) is 17.5 Å². The van der Waals surface area contributed by atoms with Gasteiger partial charge in [-0.2, -0.15) is 0 Å². The maximum atomic E-state index is 5.85. The average Bonchev–Trinajstić information content (AvgIpc) is 2.87.